The molecule has 1 N–H and O–H groups in total. The molecule has 19 heavy (non-hydrogen) atoms. The topological polar surface area (TPSA) is 58.9 Å². The van der Waals surface area contributed by atoms with Gasteiger partial charge in [0.05, 0.1) is 11.0 Å². The SMILES string of the molecule is O=[N+]([O-])c1cc(F)cc2cc(-c3ccccc3)[nH]c12. The molecule has 0 amide bonds. The first-order valence-corrected chi connectivity index (χ1v) is 5.67. The summed E-state index contributed by atoms with van der Waals surface area (Å²) in [6.45, 7) is 0. The van der Waals surface area contributed by atoms with Crippen LogP contribution in [0.5, 0.6) is 0 Å². The maximum Gasteiger partial charge on any atom is 0.296 e. The summed E-state index contributed by atoms with van der Waals surface area (Å²) in [4.78, 5) is 13.3. The minimum atomic E-state index is -0.613. The van der Waals surface area contributed by atoms with Crippen molar-refractivity contribution in [2.45, 2.75) is 0 Å². The number of nitrogens with one attached hydrogen (secondary N) is 1. The molecule has 94 valence electrons. The number of nitro benzene ring substituents is 1. The zero-order valence-electron chi connectivity index (χ0n) is 9.76. The molecule has 2 aromatic carbocycles. The van der Waals surface area contributed by atoms with E-state index in [0.717, 1.165) is 17.3 Å². The molecule has 0 unspecified atom stereocenters. The summed E-state index contributed by atoms with van der Waals surface area (Å²) in [6, 6.07) is 13.3. The van der Waals surface area contributed by atoms with E-state index in [-0.39, 0.29) is 5.69 Å². The summed E-state index contributed by atoms with van der Waals surface area (Å²) >= 11 is 0. The Labute approximate surface area is 107 Å². The monoisotopic (exact) mass is 256 g/mol. The van der Waals surface area contributed by atoms with E-state index >= 15 is 0 Å². The minimum absolute atomic E-state index is 0.253. The fourth-order valence-corrected chi connectivity index (χ4v) is 2.11. The first kappa shape index (κ1) is 11.4. The number of halogens is 1. The van der Waals surface area contributed by atoms with Crippen LogP contribution < -0.4 is 0 Å². The molecule has 0 radical (unpaired) electrons. The smallest absolute Gasteiger partial charge is 0.296 e. The van der Waals surface area contributed by atoms with E-state index in [4.69, 9.17) is 0 Å². The summed E-state index contributed by atoms with van der Waals surface area (Å²) in [5.41, 5.74) is 1.71. The molecule has 4 nitrogen and oxygen atoms in total. The third-order valence-corrected chi connectivity index (χ3v) is 2.95. The van der Waals surface area contributed by atoms with Crippen molar-refractivity contribution in [3.63, 3.8) is 0 Å². The number of nitro groups is 1. The summed E-state index contributed by atoms with van der Waals surface area (Å²) in [6.07, 6.45) is 0. The Morgan fingerprint density at radius 1 is 1.11 bits per heavy atom. The van der Waals surface area contributed by atoms with Gasteiger partial charge in [0.1, 0.15) is 11.3 Å². The minimum Gasteiger partial charge on any atom is -0.349 e. The van der Waals surface area contributed by atoms with Gasteiger partial charge in [0.15, 0.2) is 0 Å². The molecule has 0 aliphatic heterocycles. The molecule has 0 aliphatic rings. The number of hydrogen-bond acceptors (Lipinski definition) is 2. The van der Waals surface area contributed by atoms with Crippen molar-refractivity contribution in [1.82, 2.24) is 4.98 Å². The average Bonchev–Trinajstić information content (AvgIpc) is 2.82. The second kappa shape index (κ2) is 4.20. The maximum absolute atomic E-state index is 13.4. The van der Waals surface area contributed by atoms with E-state index in [0.29, 0.717) is 10.9 Å². The normalized spacial score (nSPS) is 10.8. The standard InChI is InChI=1S/C14H9FN2O2/c15-11-6-10-7-12(9-4-2-1-3-5-9)16-14(10)13(8-11)17(18)19/h1-8,16H. The van der Waals surface area contributed by atoms with Crippen LogP contribution in [0.3, 0.4) is 0 Å². The van der Waals surface area contributed by atoms with Crippen LogP contribution in [0.25, 0.3) is 22.2 Å². The van der Waals surface area contributed by atoms with Crippen LogP contribution in [-0.4, -0.2) is 9.91 Å². The van der Waals surface area contributed by atoms with Gasteiger partial charge in [0, 0.05) is 11.1 Å². The lowest BCUT2D eigenvalue weighted by Gasteiger charge is -1.96. The summed E-state index contributed by atoms with van der Waals surface area (Å²) in [7, 11) is 0. The molecule has 0 aliphatic carbocycles. The fourth-order valence-electron chi connectivity index (χ4n) is 2.11. The van der Waals surface area contributed by atoms with Crippen molar-refractivity contribution in [2.24, 2.45) is 0 Å². The van der Waals surface area contributed by atoms with E-state index in [1.807, 2.05) is 30.3 Å². The lowest BCUT2D eigenvalue weighted by molar-refractivity contribution is -0.383. The Balaban J connectivity index is 2.26. The molecule has 3 rings (SSSR count). The van der Waals surface area contributed by atoms with E-state index in [9.17, 15) is 14.5 Å². The lowest BCUT2D eigenvalue weighted by atomic mass is 10.1. The predicted molar refractivity (Wildman–Crippen MR) is 70.3 cm³/mol. The highest BCUT2D eigenvalue weighted by Gasteiger charge is 2.16. The Kier molecular flexibility index (Phi) is 2.52. The van der Waals surface area contributed by atoms with Gasteiger partial charge < -0.3 is 4.98 Å². The molecule has 0 spiro atoms. The highest BCUT2D eigenvalue weighted by molar-refractivity contribution is 5.92. The van der Waals surface area contributed by atoms with Crippen molar-refractivity contribution in [2.75, 3.05) is 0 Å². The molecular formula is C14H9FN2O2. The molecule has 0 bridgehead atoms. The molecule has 0 atom stereocenters. The van der Waals surface area contributed by atoms with Gasteiger partial charge in [-0.1, -0.05) is 30.3 Å². The first-order valence-electron chi connectivity index (χ1n) is 5.67. The Morgan fingerprint density at radius 2 is 1.84 bits per heavy atom. The number of benzene rings is 2. The third kappa shape index (κ3) is 1.95. The van der Waals surface area contributed by atoms with Crippen LogP contribution in [0.2, 0.25) is 0 Å². The number of nitrogens with zero attached hydrogens (tertiary/aromatic N) is 1. The Morgan fingerprint density at radius 3 is 2.53 bits per heavy atom. The molecule has 0 saturated heterocycles. The van der Waals surface area contributed by atoms with Crippen molar-refractivity contribution < 1.29 is 9.31 Å². The van der Waals surface area contributed by atoms with Crippen molar-refractivity contribution in [3.05, 3.63) is 64.5 Å². The van der Waals surface area contributed by atoms with Crippen LogP contribution in [0, 0.1) is 15.9 Å². The second-order valence-corrected chi connectivity index (χ2v) is 4.20. The maximum atomic E-state index is 13.4. The number of rotatable bonds is 2. The van der Waals surface area contributed by atoms with Crippen LogP contribution >= 0.6 is 0 Å². The fraction of sp³-hybridized carbons (Fsp3) is 0. The van der Waals surface area contributed by atoms with Crippen molar-refractivity contribution >= 4 is 16.6 Å². The molecule has 1 heterocycles. The number of aromatic amines is 1. The van der Waals surface area contributed by atoms with Gasteiger partial charge in [0.25, 0.3) is 5.69 Å². The number of hydrogen-bond donors (Lipinski definition) is 1. The van der Waals surface area contributed by atoms with Crippen LogP contribution in [0.15, 0.2) is 48.5 Å². The summed E-state index contributed by atoms with van der Waals surface area (Å²) in [5.74, 6) is -0.613. The molecule has 0 fully saturated rings. The van der Waals surface area contributed by atoms with Crippen molar-refractivity contribution in [1.29, 1.82) is 0 Å². The van der Waals surface area contributed by atoms with Crippen LogP contribution in [0.4, 0.5) is 10.1 Å². The van der Waals surface area contributed by atoms with Crippen LogP contribution in [0.1, 0.15) is 0 Å². The molecule has 3 aromatic rings. The van der Waals surface area contributed by atoms with E-state index in [2.05, 4.69) is 4.98 Å². The predicted octanol–water partition coefficient (Wildman–Crippen LogP) is 3.88. The van der Waals surface area contributed by atoms with Gasteiger partial charge in [-0.15, -0.1) is 0 Å². The highest BCUT2D eigenvalue weighted by Crippen LogP contribution is 2.30. The summed E-state index contributed by atoms with van der Waals surface area (Å²) in [5, 5.41) is 11.4. The average molecular weight is 256 g/mol. The molecule has 5 heteroatoms. The van der Waals surface area contributed by atoms with Gasteiger partial charge in [-0.2, -0.15) is 0 Å². The van der Waals surface area contributed by atoms with E-state index in [1.165, 1.54) is 6.07 Å². The number of non-ortho nitro benzene ring substituents is 1. The van der Waals surface area contributed by atoms with E-state index in [1.54, 1.807) is 6.07 Å². The first-order chi connectivity index (χ1) is 9.15. The third-order valence-electron chi connectivity index (χ3n) is 2.95. The Bertz CT molecular complexity index is 766. The second-order valence-electron chi connectivity index (χ2n) is 4.20. The summed E-state index contributed by atoms with van der Waals surface area (Å²) < 4.78 is 13.4. The van der Waals surface area contributed by atoms with Gasteiger partial charge in [-0.3, -0.25) is 10.1 Å². The highest BCUT2D eigenvalue weighted by atomic mass is 19.1. The molecule has 0 saturated carbocycles. The number of aromatic nitrogens is 1. The quantitative estimate of drug-likeness (QED) is 0.558. The zero-order chi connectivity index (χ0) is 13.4. The van der Waals surface area contributed by atoms with Gasteiger partial charge in [-0.05, 0) is 17.7 Å². The van der Waals surface area contributed by atoms with Gasteiger partial charge >= 0.3 is 0 Å². The van der Waals surface area contributed by atoms with E-state index < -0.39 is 10.7 Å². The molecular weight excluding hydrogens is 247 g/mol. The van der Waals surface area contributed by atoms with Gasteiger partial charge in [-0.25, -0.2) is 4.39 Å². The largest absolute Gasteiger partial charge is 0.349 e. The number of H-pyrrole nitrogens is 1. The van der Waals surface area contributed by atoms with Gasteiger partial charge in [0.2, 0.25) is 0 Å². The van der Waals surface area contributed by atoms with Crippen molar-refractivity contribution in [3.8, 4) is 11.3 Å². The van der Waals surface area contributed by atoms with Crippen LogP contribution in [-0.2, 0) is 0 Å². The number of fused-ring (bicyclic) bond motifs is 1. The lowest BCUT2D eigenvalue weighted by Crippen LogP contribution is -1.90. The zero-order valence-corrected chi connectivity index (χ0v) is 9.76. The molecule has 1 aromatic heterocycles. The Hall–Kier alpha value is -2.69.